The number of hydrogen-bond donors (Lipinski definition) is 2. The number of hydrogen-bond acceptors (Lipinski definition) is 4. The van der Waals surface area contributed by atoms with Crippen LogP contribution in [0.5, 0.6) is 0 Å². The summed E-state index contributed by atoms with van der Waals surface area (Å²) in [7, 11) is 1.35. The molecule has 3 rings (SSSR count). The zero-order chi connectivity index (χ0) is 19.9. The highest BCUT2D eigenvalue weighted by atomic mass is 35.5. The topological polar surface area (TPSA) is 67.4 Å². The first-order valence-corrected chi connectivity index (χ1v) is 9.01. The van der Waals surface area contributed by atoms with E-state index in [0.29, 0.717) is 16.3 Å². The molecule has 0 aromatic heterocycles. The summed E-state index contributed by atoms with van der Waals surface area (Å²) in [5.41, 5.74) is 3.66. The summed E-state index contributed by atoms with van der Waals surface area (Å²) >= 11 is 5.85. The minimum absolute atomic E-state index is 0.103. The fourth-order valence-electron chi connectivity index (χ4n) is 2.64. The highest BCUT2D eigenvalue weighted by molar-refractivity contribution is 6.30. The Bertz CT molecular complexity index is 970. The second kappa shape index (κ2) is 9.06. The van der Waals surface area contributed by atoms with Crippen LogP contribution in [0.4, 0.5) is 17.1 Å². The third-order valence-electron chi connectivity index (χ3n) is 4.02. The monoisotopic (exact) mass is 394 g/mol. The molecule has 0 aliphatic carbocycles. The smallest absolute Gasteiger partial charge is 0.337 e. The molecule has 0 bridgehead atoms. The van der Waals surface area contributed by atoms with Gasteiger partial charge < -0.3 is 15.4 Å². The quantitative estimate of drug-likeness (QED) is 0.574. The maximum Gasteiger partial charge on any atom is 0.337 e. The molecule has 0 fully saturated rings. The molecular weight excluding hydrogens is 376 g/mol. The van der Waals surface area contributed by atoms with Gasteiger partial charge in [0.2, 0.25) is 5.91 Å². The first-order valence-electron chi connectivity index (χ1n) is 8.63. The van der Waals surface area contributed by atoms with Crippen molar-refractivity contribution in [1.82, 2.24) is 0 Å². The molecule has 0 saturated heterocycles. The Kier molecular flexibility index (Phi) is 6.29. The van der Waals surface area contributed by atoms with Crippen LogP contribution in [0.2, 0.25) is 5.02 Å². The zero-order valence-corrected chi connectivity index (χ0v) is 16.0. The lowest BCUT2D eigenvalue weighted by molar-refractivity contribution is -0.115. The van der Waals surface area contributed by atoms with Crippen molar-refractivity contribution in [1.29, 1.82) is 0 Å². The first kappa shape index (κ1) is 19.5. The predicted octanol–water partition coefficient (Wildman–Crippen LogP) is 5.05. The fourth-order valence-corrected chi connectivity index (χ4v) is 2.76. The van der Waals surface area contributed by atoms with Crippen LogP contribution in [0.1, 0.15) is 15.9 Å². The molecule has 5 nitrogen and oxygen atoms in total. The van der Waals surface area contributed by atoms with Gasteiger partial charge in [0, 0.05) is 22.1 Å². The molecule has 6 heteroatoms. The number of carbonyl (C=O) groups excluding carboxylic acids is 2. The minimum Gasteiger partial charge on any atom is -0.465 e. The molecular formula is C22H19ClN2O3. The molecule has 2 N–H and O–H groups in total. The van der Waals surface area contributed by atoms with E-state index in [9.17, 15) is 9.59 Å². The molecule has 0 aliphatic heterocycles. The lowest BCUT2D eigenvalue weighted by Gasteiger charge is -2.10. The number of halogens is 1. The van der Waals surface area contributed by atoms with Gasteiger partial charge in [-0.2, -0.15) is 0 Å². The van der Waals surface area contributed by atoms with Gasteiger partial charge in [-0.3, -0.25) is 4.79 Å². The van der Waals surface area contributed by atoms with Gasteiger partial charge in [-0.05, 0) is 60.2 Å². The van der Waals surface area contributed by atoms with Crippen LogP contribution >= 0.6 is 11.6 Å². The van der Waals surface area contributed by atoms with E-state index in [1.807, 2.05) is 42.5 Å². The molecule has 0 heterocycles. The van der Waals surface area contributed by atoms with Gasteiger partial charge >= 0.3 is 5.97 Å². The van der Waals surface area contributed by atoms with Crippen molar-refractivity contribution in [2.75, 3.05) is 17.7 Å². The summed E-state index contributed by atoms with van der Waals surface area (Å²) in [6, 6.07) is 21.6. The van der Waals surface area contributed by atoms with E-state index < -0.39 is 0 Å². The normalized spacial score (nSPS) is 10.2. The highest BCUT2D eigenvalue weighted by Crippen LogP contribution is 2.20. The van der Waals surface area contributed by atoms with Crippen molar-refractivity contribution in [3.05, 3.63) is 88.9 Å². The van der Waals surface area contributed by atoms with E-state index in [1.165, 1.54) is 7.11 Å². The molecule has 0 atom stereocenters. The van der Waals surface area contributed by atoms with Crippen molar-refractivity contribution in [3.8, 4) is 0 Å². The van der Waals surface area contributed by atoms with Crippen molar-refractivity contribution >= 4 is 40.5 Å². The van der Waals surface area contributed by atoms with Crippen LogP contribution in [0.15, 0.2) is 72.8 Å². The summed E-state index contributed by atoms with van der Waals surface area (Å²) < 4.78 is 4.73. The van der Waals surface area contributed by atoms with Crippen LogP contribution in [-0.2, 0) is 16.0 Å². The van der Waals surface area contributed by atoms with Crippen molar-refractivity contribution in [2.24, 2.45) is 0 Å². The Morgan fingerprint density at radius 2 is 1.57 bits per heavy atom. The van der Waals surface area contributed by atoms with Gasteiger partial charge in [0.05, 0.1) is 19.1 Å². The van der Waals surface area contributed by atoms with Crippen LogP contribution < -0.4 is 10.6 Å². The largest absolute Gasteiger partial charge is 0.465 e. The molecule has 0 spiro atoms. The summed E-state index contributed by atoms with van der Waals surface area (Å²) in [5.74, 6) is -0.490. The lowest BCUT2D eigenvalue weighted by Crippen LogP contribution is -2.14. The number of methoxy groups -OCH3 is 1. The van der Waals surface area contributed by atoms with Gasteiger partial charge in [0.15, 0.2) is 0 Å². The molecule has 1 amide bonds. The van der Waals surface area contributed by atoms with Gasteiger partial charge in [0.1, 0.15) is 0 Å². The predicted molar refractivity (Wildman–Crippen MR) is 111 cm³/mol. The Hall–Kier alpha value is -3.31. The number of amides is 1. The molecule has 0 unspecified atom stereocenters. The van der Waals surface area contributed by atoms with E-state index in [4.69, 9.17) is 16.3 Å². The molecule has 3 aromatic rings. The van der Waals surface area contributed by atoms with Crippen molar-refractivity contribution in [2.45, 2.75) is 6.42 Å². The fraction of sp³-hybridized carbons (Fsp3) is 0.0909. The third-order valence-corrected chi connectivity index (χ3v) is 4.27. The zero-order valence-electron chi connectivity index (χ0n) is 15.2. The minimum atomic E-state index is -0.387. The maximum absolute atomic E-state index is 12.2. The van der Waals surface area contributed by atoms with Gasteiger partial charge in [-0.15, -0.1) is 0 Å². The standard InChI is InChI=1S/C22H19ClN2O3/c1-28-22(27)16-3-2-4-20(14-16)24-18-9-11-19(12-10-18)25-21(26)13-15-5-7-17(23)8-6-15/h2-12,14,24H,13H2,1H3,(H,25,26). The second-order valence-corrected chi connectivity index (χ2v) is 6.56. The molecule has 0 saturated carbocycles. The summed E-state index contributed by atoms with van der Waals surface area (Å²) in [6.07, 6.45) is 0.275. The number of anilines is 3. The van der Waals surface area contributed by atoms with Gasteiger partial charge in [-0.25, -0.2) is 4.79 Å². The summed E-state index contributed by atoms with van der Waals surface area (Å²) in [5, 5.41) is 6.73. The SMILES string of the molecule is COC(=O)c1cccc(Nc2ccc(NC(=O)Cc3ccc(Cl)cc3)cc2)c1. The number of benzene rings is 3. The highest BCUT2D eigenvalue weighted by Gasteiger charge is 2.07. The molecule has 142 valence electrons. The van der Waals surface area contributed by atoms with Gasteiger partial charge in [-0.1, -0.05) is 29.8 Å². The second-order valence-electron chi connectivity index (χ2n) is 6.13. The van der Waals surface area contributed by atoms with Crippen LogP contribution in [0.25, 0.3) is 0 Å². The summed E-state index contributed by atoms with van der Waals surface area (Å²) in [6.45, 7) is 0. The van der Waals surface area contributed by atoms with Crippen LogP contribution in [0, 0.1) is 0 Å². The van der Waals surface area contributed by atoms with Crippen molar-refractivity contribution < 1.29 is 14.3 Å². The Morgan fingerprint density at radius 3 is 2.25 bits per heavy atom. The first-order chi connectivity index (χ1) is 13.5. The van der Waals surface area contributed by atoms with E-state index in [2.05, 4.69) is 10.6 Å². The molecule has 0 aliphatic rings. The average molecular weight is 395 g/mol. The Labute approximate surface area is 168 Å². The molecule has 0 radical (unpaired) electrons. The lowest BCUT2D eigenvalue weighted by atomic mass is 10.1. The van der Waals surface area contributed by atoms with E-state index in [1.54, 1.807) is 30.3 Å². The molecule has 28 heavy (non-hydrogen) atoms. The maximum atomic E-state index is 12.2. The number of carbonyl (C=O) groups is 2. The summed E-state index contributed by atoms with van der Waals surface area (Å²) in [4.78, 5) is 23.8. The van der Waals surface area contributed by atoms with E-state index in [-0.39, 0.29) is 18.3 Å². The average Bonchev–Trinajstić information content (AvgIpc) is 2.71. The van der Waals surface area contributed by atoms with Crippen LogP contribution in [-0.4, -0.2) is 19.0 Å². The number of ether oxygens (including phenoxy) is 1. The number of rotatable bonds is 6. The van der Waals surface area contributed by atoms with Crippen LogP contribution in [0.3, 0.4) is 0 Å². The number of nitrogens with one attached hydrogen (secondary N) is 2. The number of esters is 1. The van der Waals surface area contributed by atoms with E-state index in [0.717, 1.165) is 16.9 Å². The Balaban J connectivity index is 1.59. The van der Waals surface area contributed by atoms with E-state index >= 15 is 0 Å². The molecule has 3 aromatic carbocycles. The third kappa shape index (κ3) is 5.34. The Morgan fingerprint density at radius 1 is 0.893 bits per heavy atom. The van der Waals surface area contributed by atoms with Gasteiger partial charge in [0.25, 0.3) is 0 Å². The van der Waals surface area contributed by atoms with Crippen molar-refractivity contribution in [3.63, 3.8) is 0 Å².